The molecule has 4 nitrogen and oxygen atoms in total. The largest absolute Gasteiger partial charge is 0.493 e. The fraction of sp³-hybridized carbons (Fsp3) is 0.750. The molecular formula is C24H43NO3. The first-order chi connectivity index (χ1) is 13.1. The molecule has 0 spiro atoms. The molecule has 0 aliphatic rings. The predicted molar refractivity (Wildman–Crippen MR) is 118 cm³/mol. The van der Waals surface area contributed by atoms with Crippen LogP contribution in [0.3, 0.4) is 0 Å². The van der Waals surface area contributed by atoms with Gasteiger partial charge in [0.05, 0.1) is 6.61 Å². The van der Waals surface area contributed by atoms with Crippen LogP contribution in [0.25, 0.3) is 0 Å². The molecule has 0 heterocycles. The second kappa shape index (κ2) is 11.8. The van der Waals surface area contributed by atoms with Crippen LogP contribution in [0.4, 0.5) is 0 Å². The van der Waals surface area contributed by atoms with E-state index in [1.807, 2.05) is 4.90 Å². The summed E-state index contributed by atoms with van der Waals surface area (Å²) >= 11 is 0. The number of hydrogen-bond donors (Lipinski definition) is 2. The monoisotopic (exact) mass is 393 g/mol. The average molecular weight is 394 g/mol. The second-order valence-electron chi connectivity index (χ2n) is 9.02. The van der Waals surface area contributed by atoms with Gasteiger partial charge in [0, 0.05) is 19.5 Å². The van der Waals surface area contributed by atoms with Crippen LogP contribution in [0, 0.1) is 6.92 Å². The Morgan fingerprint density at radius 2 is 1.64 bits per heavy atom. The molecule has 0 radical (unpaired) electrons. The highest BCUT2D eigenvalue weighted by Crippen LogP contribution is 2.32. The molecule has 0 fully saturated rings. The Morgan fingerprint density at radius 3 is 2.25 bits per heavy atom. The topological polar surface area (TPSA) is 52.9 Å². The van der Waals surface area contributed by atoms with Crippen molar-refractivity contribution in [2.24, 2.45) is 0 Å². The third kappa shape index (κ3) is 8.50. The van der Waals surface area contributed by atoms with Crippen LogP contribution < -0.4 is 4.74 Å². The molecule has 0 bridgehead atoms. The number of benzene rings is 1. The molecule has 0 saturated heterocycles. The molecule has 1 rings (SSSR count). The SMILES string of the molecule is CCCCN(CCC)C(O)(O)CCCCCOc1ccc(C)cc1C(C)(C)C. The number of rotatable bonds is 13. The molecule has 0 saturated carbocycles. The van der Waals surface area contributed by atoms with Crippen molar-refractivity contribution in [2.75, 3.05) is 19.7 Å². The smallest absolute Gasteiger partial charge is 0.224 e. The number of hydrogen-bond acceptors (Lipinski definition) is 4. The molecule has 0 aromatic heterocycles. The third-order valence-electron chi connectivity index (χ3n) is 5.14. The van der Waals surface area contributed by atoms with Gasteiger partial charge in [0.15, 0.2) is 0 Å². The van der Waals surface area contributed by atoms with Gasteiger partial charge in [-0.15, -0.1) is 0 Å². The minimum absolute atomic E-state index is 0.0515. The summed E-state index contributed by atoms with van der Waals surface area (Å²) in [4.78, 5) is 1.81. The molecule has 1 aromatic carbocycles. The third-order valence-corrected chi connectivity index (χ3v) is 5.14. The van der Waals surface area contributed by atoms with Crippen molar-refractivity contribution in [3.05, 3.63) is 29.3 Å². The van der Waals surface area contributed by atoms with Crippen molar-refractivity contribution in [1.29, 1.82) is 0 Å². The van der Waals surface area contributed by atoms with E-state index in [-0.39, 0.29) is 5.41 Å². The van der Waals surface area contributed by atoms with E-state index in [1.165, 1.54) is 11.1 Å². The van der Waals surface area contributed by atoms with Crippen molar-refractivity contribution >= 4 is 0 Å². The van der Waals surface area contributed by atoms with Crippen LogP contribution >= 0.6 is 0 Å². The maximum Gasteiger partial charge on any atom is 0.224 e. The van der Waals surface area contributed by atoms with Gasteiger partial charge in [-0.1, -0.05) is 58.7 Å². The van der Waals surface area contributed by atoms with E-state index in [4.69, 9.17) is 4.74 Å². The number of ether oxygens (including phenoxy) is 1. The summed E-state index contributed by atoms with van der Waals surface area (Å²) in [6.07, 6.45) is 5.97. The summed E-state index contributed by atoms with van der Waals surface area (Å²) in [6.45, 7) is 15.0. The van der Waals surface area contributed by atoms with E-state index in [0.717, 1.165) is 57.4 Å². The van der Waals surface area contributed by atoms with Gasteiger partial charge in [-0.25, -0.2) is 0 Å². The van der Waals surface area contributed by atoms with E-state index in [9.17, 15) is 10.2 Å². The Kier molecular flexibility index (Phi) is 10.5. The predicted octanol–water partition coefficient (Wildman–Crippen LogP) is 5.38. The van der Waals surface area contributed by atoms with Crippen LogP contribution in [-0.2, 0) is 5.41 Å². The lowest BCUT2D eigenvalue weighted by molar-refractivity contribution is -0.268. The van der Waals surface area contributed by atoms with Crippen molar-refractivity contribution in [1.82, 2.24) is 4.90 Å². The van der Waals surface area contributed by atoms with Gasteiger partial charge in [-0.2, -0.15) is 0 Å². The van der Waals surface area contributed by atoms with Crippen LogP contribution in [0.1, 0.15) is 90.7 Å². The summed E-state index contributed by atoms with van der Waals surface area (Å²) in [5.41, 5.74) is 2.54. The number of nitrogens with zero attached hydrogens (tertiary/aromatic N) is 1. The minimum Gasteiger partial charge on any atom is -0.493 e. The molecule has 28 heavy (non-hydrogen) atoms. The zero-order valence-corrected chi connectivity index (χ0v) is 19.1. The van der Waals surface area contributed by atoms with Crippen molar-refractivity contribution in [3.8, 4) is 5.75 Å². The molecule has 2 N–H and O–H groups in total. The molecule has 0 aliphatic heterocycles. The Morgan fingerprint density at radius 1 is 0.929 bits per heavy atom. The maximum absolute atomic E-state index is 10.5. The van der Waals surface area contributed by atoms with E-state index >= 15 is 0 Å². The fourth-order valence-electron chi connectivity index (χ4n) is 3.43. The van der Waals surface area contributed by atoms with Gasteiger partial charge in [0.2, 0.25) is 5.91 Å². The lowest BCUT2D eigenvalue weighted by Gasteiger charge is -2.35. The second-order valence-corrected chi connectivity index (χ2v) is 9.02. The molecule has 0 amide bonds. The first-order valence-electron chi connectivity index (χ1n) is 11.1. The highest BCUT2D eigenvalue weighted by Gasteiger charge is 2.30. The van der Waals surface area contributed by atoms with Gasteiger partial charge < -0.3 is 14.9 Å². The van der Waals surface area contributed by atoms with Gasteiger partial charge in [0.25, 0.3) is 0 Å². The van der Waals surface area contributed by atoms with Crippen LogP contribution in [0.15, 0.2) is 18.2 Å². The van der Waals surface area contributed by atoms with E-state index in [1.54, 1.807) is 0 Å². The van der Waals surface area contributed by atoms with Crippen molar-refractivity contribution < 1.29 is 14.9 Å². The number of unbranched alkanes of at least 4 members (excludes halogenated alkanes) is 3. The Labute approximate surface area is 172 Å². The van der Waals surface area contributed by atoms with Crippen LogP contribution in [0.5, 0.6) is 5.75 Å². The molecule has 0 aliphatic carbocycles. The summed E-state index contributed by atoms with van der Waals surface area (Å²) in [5.74, 6) is -0.729. The highest BCUT2D eigenvalue weighted by molar-refractivity contribution is 5.41. The van der Waals surface area contributed by atoms with Gasteiger partial charge in [-0.3, -0.25) is 4.90 Å². The van der Waals surface area contributed by atoms with Crippen LogP contribution in [-0.4, -0.2) is 40.7 Å². The van der Waals surface area contributed by atoms with Gasteiger partial charge in [-0.05, 0) is 56.1 Å². The molecule has 0 unspecified atom stereocenters. The Balaban J connectivity index is 2.43. The maximum atomic E-state index is 10.5. The first kappa shape index (κ1) is 24.9. The molecule has 0 atom stereocenters. The van der Waals surface area contributed by atoms with E-state index in [0.29, 0.717) is 13.0 Å². The highest BCUT2D eigenvalue weighted by atomic mass is 16.5. The lowest BCUT2D eigenvalue weighted by atomic mass is 9.85. The minimum atomic E-state index is -1.69. The van der Waals surface area contributed by atoms with Gasteiger partial charge >= 0.3 is 0 Å². The number of aliphatic hydroxyl groups is 2. The quantitative estimate of drug-likeness (QED) is 0.349. The lowest BCUT2D eigenvalue weighted by Crippen LogP contribution is -2.49. The standard InChI is InChI=1S/C24H43NO3/c1-7-9-17-25(16-8-2)24(26,27)15-11-10-12-18-28-22-14-13-20(3)19-21(22)23(4,5)6/h13-14,19,26-27H,7-12,15-18H2,1-6H3. The van der Waals surface area contributed by atoms with E-state index in [2.05, 4.69) is 59.7 Å². The summed E-state index contributed by atoms with van der Waals surface area (Å²) in [7, 11) is 0. The summed E-state index contributed by atoms with van der Waals surface area (Å²) in [5, 5.41) is 20.9. The van der Waals surface area contributed by atoms with Gasteiger partial charge in [0.1, 0.15) is 5.75 Å². The van der Waals surface area contributed by atoms with E-state index < -0.39 is 5.91 Å². The molecule has 4 heteroatoms. The molecule has 1 aromatic rings. The number of aryl methyl sites for hydroxylation is 1. The van der Waals surface area contributed by atoms with Crippen molar-refractivity contribution in [2.45, 2.75) is 97.8 Å². The molecular weight excluding hydrogens is 350 g/mol. The zero-order chi connectivity index (χ0) is 21.2. The Hall–Kier alpha value is -1.10. The fourth-order valence-corrected chi connectivity index (χ4v) is 3.43. The normalized spacial score (nSPS) is 12.6. The Bertz CT molecular complexity index is 563. The summed E-state index contributed by atoms with van der Waals surface area (Å²) in [6, 6.07) is 6.37. The van der Waals surface area contributed by atoms with Crippen LogP contribution in [0.2, 0.25) is 0 Å². The molecule has 162 valence electrons. The van der Waals surface area contributed by atoms with Crippen molar-refractivity contribution in [3.63, 3.8) is 0 Å². The zero-order valence-electron chi connectivity index (χ0n) is 19.1. The average Bonchev–Trinajstić information content (AvgIpc) is 2.61. The summed E-state index contributed by atoms with van der Waals surface area (Å²) < 4.78 is 6.05. The first-order valence-corrected chi connectivity index (χ1v) is 11.1.